The van der Waals surface area contributed by atoms with Crippen LogP contribution < -0.4 is 5.32 Å². The maximum atomic E-state index is 11.5. The Bertz CT molecular complexity index is 750. The number of aliphatic hydroxyl groups is 1. The van der Waals surface area contributed by atoms with Gasteiger partial charge in [0.25, 0.3) is 5.91 Å². The van der Waals surface area contributed by atoms with Gasteiger partial charge in [0.1, 0.15) is 0 Å². The van der Waals surface area contributed by atoms with E-state index in [0.29, 0.717) is 5.57 Å². The van der Waals surface area contributed by atoms with Crippen LogP contribution in [0, 0.1) is 6.92 Å². The summed E-state index contributed by atoms with van der Waals surface area (Å²) in [6.45, 7) is 13.9. The zero-order valence-corrected chi connectivity index (χ0v) is 20.5. The monoisotopic (exact) mass is 425 g/mol. The van der Waals surface area contributed by atoms with E-state index in [-0.39, 0.29) is 12.0 Å². The Hall–Kier alpha value is -2.39. The van der Waals surface area contributed by atoms with Gasteiger partial charge < -0.3 is 10.4 Å². The predicted molar refractivity (Wildman–Crippen MR) is 135 cm³/mol. The fourth-order valence-electron chi connectivity index (χ4n) is 3.14. The molecule has 2 N–H and O–H groups in total. The van der Waals surface area contributed by atoms with Gasteiger partial charge in [0.15, 0.2) is 0 Å². The van der Waals surface area contributed by atoms with Crippen LogP contribution in [-0.4, -0.2) is 24.2 Å². The summed E-state index contributed by atoms with van der Waals surface area (Å²) < 4.78 is 0. The van der Waals surface area contributed by atoms with Gasteiger partial charge in [-0.15, -0.1) is 0 Å². The van der Waals surface area contributed by atoms with Crippen LogP contribution in [-0.2, 0) is 11.2 Å². The third kappa shape index (κ3) is 12.8. The zero-order chi connectivity index (χ0) is 23.6. The third-order valence-corrected chi connectivity index (χ3v) is 5.17. The molecule has 1 aromatic carbocycles. The number of allylic oxidation sites excluding steroid dienone is 5. The van der Waals surface area contributed by atoms with Crippen molar-refractivity contribution in [3.8, 4) is 0 Å². The van der Waals surface area contributed by atoms with Crippen molar-refractivity contribution >= 4 is 5.91 Å². The Morgan fingerprint density at radius 2 is 1.87 bits per heavy atom. The first kappa shape index (κ1) is 28.6. The van der Waals surface area contributed by atoms with Crippen LogP contribution in [0.2, 0.25) is 0 Å². The van der Waals surface area contributed by atoms with Crippen LogP contribution in [0.15, 0.2) is 71.9 Å². The lowest BCUT2D eigenvalue weighted by atomic mass is 9.98. The average molecular weight is 426 g/mol. The molecule has 0 unspecified atom stereocenters. The smallest absolute Gasteiger partial charge is 0.251 e. The SMILES string of the molecule is C=C(/C(C)=C\C=C/C)/C(=C\C)C(=O)NC.CCc1cccc(C)c1.OC1CCCCC1. The lowest BCUT2D eigenvalue weighted by molar-refractivity contribution is -0.116. The van der Waals surface area contributed by atoms with E-state index in [1.165, 1.54) is 30.4 Å². The predicted octanol–water partition coefficient (Wildman–Crippen LogP) is 6.63. The van der Waals surface area contributed by atoms with E-state index in [4.69, 9.17) is 5.11 Å². The topological polar surface area (TPSA) is 49.3 Å². The summed E-state index contributed by atoms with van der Waals surface area (Å²) in [5, 5.41) is 11.5. The number of amides is 1. The fourth-order valence-corrected chi connectivity index (χ4v) is 3.14. The maximum Gasteiger partial charge on any atom is 0.251 e. The number of rotatable bonds is 5. The molecule has 2 rings (SSSR count). The van der Waals surface area contributed by atoms with E-state index >= 15 is 0 Å². The van der Waals surface area contributed by atoms with Crippen LogP contribution in [0.25, 0.3) is 0 Å². The Morgan fingerprint density at radius 3 is 2.26 bits per heavy atom. The van der Waals surface area contributed by atoms with Crippen LogP contribution >= 0.6 is 0 Å². The summed E-state index contributed by atoms with van der Waals surface area (Å²) in [5.41, 5.74) is 5.15. The summed E-state index contributed by atoms with van der Waals surface area (Å²) in [5.74, 6) is -0.101. The van der Waals surface area contributed by atoms with Crippen LogP contribution in [0.1, 0.15) is 70.9 Å². The van der Waals surface area contributed by atoms with Crippen molar-refractivity contribution in [3.63, 3.8) is 0 Å². The van der Waals surface area contributed by atoms with Crippen molar-refractivity contribution in [2.75, 3.05) is 7.05 Å². The number of benzene rings is 1. The highest BCUT2D eigenvalue weighted by atomic mass is 16.3. The second-order valence-corrected chi connectivity index (χ2v) is 7.77. The van der Waals surface area contributed by atoms with E-state index < -0.39 is 0 Å². The highest BCUT2D eigenvalue weighted by Crippen LogP contribution is 2.17. The minimum absolute atomic E-state index is 0.0359. The van der Waals surface area contributed by atoms with Crippen molar-refractivity contribution in [1.29, 1.82) is 0 Å². The molecule has 0 saturated heterocycles. The molecule has 0 spiro atoms. The first-order valence-electron chi connectivity index (χ1n) is 11.4. The Balaban J connectivity index is 0.000000473. The van der Waals surface area contributed by atoms with Gasteiger partial charge in [-0.3, -0.25) is 4.79 Å². The van der Waals surface area contributed by atoms with E-state index in [0.717, 1.165) is 30.4 Å². The normalized spacial score (nSPS) is 14.8. The number of aryl methyl sites for hydroxylation is 2. The number of carbonyl (C=O) groups excluding carboxylic acids is 1. The van der Waals surface area contributed by atoms with Gasteiger partial charge in [-0.25, -0.2) is 0 Å². The summed E-state index contributed by atoms with van der Waals surface area (Å²) in [6.07, 6.45) is 14.6. The number of hydrogen-bond acceptors (Lipinski definition) is 2. The molecule has 172 valence electrons. The first-order valence-corrected chi connectivity index (χ1v) is 11.4. The molecule has 3 nitrogen and oxygen atoms in total. The maximum absolute atomic E-state index is 11.5. The van der Waals surface area contributed by atoms with Crippen LogP contribution in [0.3, 0.4) is 0 Å². The van der Waals surface area contributed by atoms with Gasteiger partial charge in [0, 0.05) is 12.6 Å². The lowest BCUT2D eigenvalue weighted by Gasteiger charge is -2.14. The van der Waals surface area contributed by atoms with E-state index in [2.05, 4.69) is 50.0 Å². The van der Waals surface area contributed by atoms with Gasteiger partial charge in [-0.2, -0.15) is 0 Å². The number of aliphatic hydroxyl groups excluding tert-OH is 1. The molecule has 0 bridgehead atoms. The Morgan fingerprint density at radius 1 is 1.23 bits per heavy atom. The molecule has 0 aliphatic heterocycles. The van der Waals surface area contributed by atoms with E-state index in [1.807, 2.05) is 39.0 Å². The van der Waals surface area contributed by atoms with E-state index in [1.54, 1.807) is 13.1 Å². The van der Waals surface area contributed by atoms with Crippen molar-refractivity contribution in [1.82, 2.24) is 5.32 Å². The molecule has 0 aromatic heterocycles. The number of carbonyl (C=O) groups is 1. The molecule has 1 saturated carbocycles. The van der Waals surface area contributed by atoms with Crippen LogP contribution in [0.4, 0.5) is 0 Å². The van der Waals surface area contributed by atoms with E-state index in [9.17, 15) is 4.79 Å². The molecule has 1 aromatic rings. The van der Waals surface area contributed by atoms with Crippen LogP contribution in [0.5, 0.6) is 0 Å². The molecule has 0 atom stereocenters. The van der Waals surface area contributed by atoms with Gasteiger partial charge in [0.05, 0.1) is 6.10 Å². The number of hydrogen-bond donors (Lipinski definition) is 2. The first-order chi connectivity index (χ1) is 14.8. The van der Waals surface area contributed by atoms with Gasteiger partial charge in [0.2, 0.25) is 0 Å². The summed E-state index contributed by atoms with van der Waals surface area (Å²) in [7, 11) is 1.62. The quantitative estimate of drug-likeness (QED) is 0.411. The third-order valence-electron chi connectivity index (χ3n) is 5.17. The molecular weight excluding hydrogens is 382 g/mol. The number of nitrogens with one attached hydrogen (secondary N) is 1. The summed E-state index contributed by atoms with van der Waals surface area (Å²) in [4.78, 5) is 11.5. The van der Waals surface area contributed by atoms with Gasteiger partial charge in [-0.05, 0) is 63.7 Å². The van der Waals surface area contributed by atoms with Crippen molar-refractivity contribution < 1.29 is 9.90 Å². The summed E-state index contributed by atoms with van der Waals surface area (Å²) in [6, 6.07) is 8.61. The molecular formula is C28H43NO2. The van der Waals surface area contributed by atoms with Crippen molar-refractivity contribution in [2.45, 2.75) is 79.2 Å². The number of likely N-dealkylation sites (N-methyl/N-ethyl adjacent to an activating group) is 1. The fraction of sp³-hybridized carbons (Fsp3) is 0.464. The molecule has 31 heavy (non-hydrogen) atoms. The molecule has 0 radical (unpaired) electrons. The molecule has 1 fully saturated rings. The second kappa shape index (κ2) is 17.3. The standard InChI is InChI=1S/C13H19NO.C9H12.C6H12O/c1-6-8-9-10(3)11(4)12(7-2)13(15)14-5;1-3-9-6-4-5-8(2)7-9;7-6-4-2-1-3-5-6/h6-9H,4H2,1-3,5H3,(H,14,15);4-7H,3H2,1-2H3;6-7H,1-5H2/b8-6-,10-9-,12-7+;;. The molecule has 3 heteroatoms. The Labute approximate surface area is 190 Å². The Kier molecular flexibility index (Phi) is 16.0. The van der Waals surface area contributed by atoms with Gasteiger partial charge >= 0.3 is 0 Å². The molecule has 1 aliphatic carbocycles. The minimum atomic E-state index is -0.101. The molecule has 1 amide bonds. The zero-order valence-electron chi connectivity index (χ0n) is 20.5. The summed E-state index contributed by atoms with van der Waals surface area (Å²) >= 11 is 0. The van der Waals surface area contributed by atoms with Gasteiger partial charge in [-0.1, -0.05) is 86.9 Å². The lowest BCUT2D eigenvalue weighted by Crippen LogP contribution is -2.21. The average Bonchev–Trinajstić information content (AvgIpc) is 2.79. The van der Waals surface area contributed by atoms with Crippen molar-refractivity contribution in [2.24, 2.45) is 0 Å². The highest BCUT2D eigenvalue weighted by Gasteiger charge is 2.10. The largest absolute Gasteiger partial charge is 0.393 e. The highest BCUT2D eigenvalue weighted by molar-refractivity contribution is 5.98. The molecule has 0 heterocycles. The van der Waals surface area contributed by atoms with Crippen molar-refractivity contribution in [3.05, 3.63) is 83.0 Å². The minimum Gasteiger partial charge on any atom is -0.393 e. The second-order valence-electron chi connectivity index (χ2n) is 7.77. The molecule has 1 aliphatic rings.